The van der Waals surface area contributed by atoms with E-state index in [0.717, 1.165) is 5.56 Å². The van der Waals surface area contributed by atoms with E-state index in [2.05, 4.69) is 10.3 Å². The van der Waals surface area contributed by atoms with Crippen LogP contribution in [0.3, 0.4) is 0 Å². The lowest BCUT2D eigenvalue weighted by atomic mass is 9.99. The summed E-state index contributed by atoms with van der Waals surface area (Å²) in [5.74, 6) is -0.247. The average Bonchev–Trinajstić information content (AvgIpc) is 3.38. The molecule has 2 N–H and O–H groups in total. The Labute approximate surface area is 180 Å². The average molecular weight is 454 g/mol. The molecule has 0 aliphatic rings. The Morgan fingerprint density at radius 3 is 2.65 bits per heavy atom. The summed E-state index contributed by atoms with van der Waals surface area (Å²) in [6.07, 6.45) is -4.66. The van der Waals surface area contributed by atoms with Gasteiger partial charge in [0.05, 0.1) is 19.3 Å². The summed E-state index contributed by atoms with van der Waals surface area (Å²) < 4.78 is 51.3. The van der Waals surface area contributed by atoms with Gasteiger partial charge in [0.2, 0.25) is 11.5 Å². The van der Waals surface area contributed by atoms with E-state index in [0.29, 0.717) is 41.6 Å². The maximum Gasteiger partial charge on any atom is 0.424 e. The normalized spacial score (nSPS) is 13.7. The van der Waals surface area contributed by atoms with Crippen molar-refractivity contribution in [2.24, 2.45) is 0 Å². The molecule has 1 unspecified atom stereocenters. The van der Waals surface area contributed by atoms with E-state index in [-0.39, 0.29) is 6.54 Å². The van der Waals surface area contributed by atoms with Gasteiger partial charge in [-0.05, 0) is 30.2 Å². The quantitative estimate of drug-likeness (QED) is 0.506. The Bertz CT molecular complexity index is 1000. The molecule has 6 nitrogen and oxygen atoms in total. The number of thiazole rings is 1. The number of carbonyl (C=O) groups is 1. The molecule has 31 heavy (non-hydrogen) atoms. The number of carbonyl (C=O) groups excluding carboxylic acids is 1. The molecule has 1 atom stereocenters. The van der Waals surface area contributed by atoms with Crippen molar-refractivity contribution in [3.05, 3.63) is 75.6 Å². The lowest BCUT2D eigenvalue weighted by Crippen LogP contribution is -2.46. The van der Waals surface area contributed by atoms with Crippen molar-refractivity contribution in [2.45, 2.75) is 44.9 Å². The number of amides is 1. The molecule has 0 saturated heterocycles. The van der Waals surface area contributed by atoms with Crippen LogP contribution in [-0.2, 0) is 34.9 Å². The monoisotopic (exact) mass is 454 g/mol. The number of benzene rings is 1. The van der Waals surface area contributed by atoms with Crippen LogP contribution in [0.15, 0.2) is 52.5 Å². The fourth-order valence-electron chi connectivity index (χ4n) is 2.83. The molecule has 0 aliphatic carbocycles. The second-order valence-electron chi connectivity index (χ2n) is 7.00. The number of aliphatic hydroxyl groups is 1. The molecule has 166 valence electrons. The molecule has 0 spiro atoms. The molecule has 0 bridgehead atoms. The summed E-state index contributed by atoms with van der Waals surface area (Å²) in [7, 11) is 0. The summed E-state index contributed by atoms with van der Waals surface area (Å²) >= 11 is 0.667. The molecule has 0 aliphatic heterocycles. The molecule has 0 saturated carbocycles. The van der Waals surface area contributed by atoms with E-state index >= 15 is 0 Å². The molecule has 3 aromatic rings. The summed E-state index contributed by atoms with van der Waals surface area (Å²) in [6, 6.07) is 10.7. The molecule has 1 aromatic carbocycles. The Hall–Kier alpha value is -2.69. The zero-order chi connectivity index (χ0) is 22.5. The maximum atomic E-state index is 13.5. The fraction of sp³-hybridized carbons (Fsp3) is 0.333. The van der Waals surface area contributed by atoms with E-state index < -0.39 is 29.1 Å². The van der Waals surface area contributed by atoms with Gasteiger partial charge in [-0.3, -0.25) is 4.79 Å². The van der Waals surface area contributed by atoms with Crippen LogP contribution in [0.4, 0.5) is 13.2 Å². The maximum absolute atomic E-state index is 13.5. The lowest BCUT2D eigenvalue weighted by Gasteiger charge is -2.27. The number of aryl methyl sites for hydroxylation is 1. The standard InChI is InChI=1S/C21H21F3N2O4S/c1-14-13-31-19(26-14)20(28,21(22,23)24)9-18(27)25-10-15-4-2-5-16(8-15)11-29-12-17-6-3-7-30-17/h2-8,13,28H,9-12H2,1H3,(H,25,27). The second kappa shape index (κ2) is 9.63. The van der Waals surface area contributed by atoms with Crippen LogP contribution in [0, 0.1) is 6.92 Å². The Morgan fingerprint density at radius 1 is 1.23 bits per heavy atom. The third-order valence-corrected chi connectivity index (χ3v) is 5.54. The Morgan fingerprint density at radius 2 is 2.00 bits per heavy atom. The molecular formula is C21H21F3N2O4S. The highest BCUT2D eigenvalue weighted by Gasteiger charge is 2.58. The minimum atomic E-state index is -5.04. The number of hydrogen-bond donors (Lipinski definition) is 2. The van der Waals surface area contributed by atoms with Crippen LogP contribution in [0.25, 0.3) is 0 Å². The number of ether oxygens (including phenoxy) is 1. The molecule has 3 rings (SSSR count). The van der Waals surface area contributed by atoms with Crippen LogP contribution in [-0.4, -0.2) is 22.2 Å². The summed E-state index contributed by atoms with van der Waals surface area (Å²) in [5, 5.41) is 13.5. The van der Waals surface area contributed by atoms with Gasteiger partial charge in [-0.25, -0.2) is 4.98 Å². The van der Waals surface area contributed by atoms with Crippen molar-refractivity contribution in [2.75, 3.05) is 0 Å². The van der Waals surface area contributed by atoms with Gasteiger partial charge in [-0.1, -0.05) is 24.3 Å². The molecular weight excluding hydrogens is 433 g/mol. The first-order valence-corrected chi connectivity index (χ1v) is 10.2. The van der Waals surface area contributed by atoms with Gasteiger partial charge in [0, 0.05) is 17.6 Å². The first-order valence-electron chi connectivity index (χ1n) is 9.34. The number of aromatic nitrogens is 1. The van der Waals surface area contributed by atoms with Crippen molar-refractivity contribution < 1.29 is 32.2 Å². The first kappa shape index (κ1) is 23.0. The third-order valence-electron chi connectivity index (χ3n) is 4.43. The predicted octanol–water partition coefficient (Wildman–Crippen LogP) is 4.22. The van der Waals surface area contributed by atoms with Gasteiger partial charge < -0.3 is 19.6 Å². The SMILES string of the molecule is Cc1csc(C(O)(CC(=O)NCc2cccc(COCc3ccco3)c2)C(F)(F)F)n1. The predicted molar refractivity (Wildman–Crippen MR) is 107 cm³/mol. The van der Waals surface area contributed by atoms with Crippen LogP contribution in [0.5, 0.6) is 0 Å². The van der Waals surface area contributed by atoms with Crippen LogP contribution < -0.4 is 5.32 Å². The summed E-state index contributed by atoms with van der Waals surface area (Å²) in [6.45, 7) is 2.14. The van der Waals surface area contributed by atoms with E-state index in [1.807, 2.05) is 6.07 Å². The van der Waals surface area contributed by atoms with Crippen LogP contribution in [0.1, 0.15) is 34.0 Å². The van der Waals surface area contributed by atoms with Gasteiger partial charge in [-0.15, -0.1) is 11.3 Å². The molecule has 0 radical (unpaired) electrons. The number of hydrogen-bond acceptors (Lipinski definition) is 6. The molecule has 10 heteroatoms. The minimum Gasteiger partial charge on any atom is -0.467 e. The van der Waals surface area contributed by atoms with E-state index in [4.69, 9.17) is 9.15 Å². The minimum absolute atomic E-state index is 0.00961. The topological polar surface area (TPSA) is 84.6 Å². The van der Waals surface area contributed by atoms with Crippen molar-refractivity contribution >= 4 is 17.2 Å². The number of nitrogens with one attached hydrogen (secondary N) is 1. The highest BCUT2D eigenvalue weighted by Crippen LogP contribution is 2.42. The largest absolute Gasteiger partial charge is 0.467 e. The molecule has 0 fully saturated rings. The second-order valence-corrected chi connectivity index (χ2v) is 7.86. The first-order chi connectivity index (χ1) is 14.7. The van der Waals surface area contributed by atoms with Crippen molar-refractivity contribution in [3.63, 3.8) is 0 Å². The number of alkyl halides is 3. The number of furan rings is 1. The number of halogens is 3. The van der Waals surface area contributed by atoms with Gasteiger partial charge >= 0.3 is 6.18 Å². The van der Waals surface area contributed by atoms with Gasteiger partial charge in [-0.2, -0.15) is 13.2 Å². The van der Waals surface area contributed by atoms with Crippen molar-refractivity contribution in [3.8, 4) is 0 Å². The van der Waals surface area contributed by atoms with Crippen molar-refractivity contribution in [1.29, 1.82) is 0 Å². The number of nitrogens with zero attached hydrogens (tertiary/aromatic N) is 1. The van der Waals surface area contributed by atoms with Crippen molar-refractivity contribution in [1.82, 2.24) is 10.3 Å². The molecule has 2 aromatic heterocycles. The van der Waals surface area contributed by atoms with Gasteiger partial charge in [0.25, 0.3) is 0 Å². The molecule has 2 heterocycles. The van der Waals surface area contributed by atoms with E-state index in [1.54, 1.807) is 36.6 Å². The Kier molecular flexibility index (Phi) is 7.14. The Balaban J connectivity index is 1.57. The zero-order valence-electron chi connectivity index (χ0n) is 16.6. The van der Waals surface area contributed by atoms with E-state index in [1.165, 1.54) is 12.3 Å². The number of rotatable bonds is 9. The lowest BCUT2D eigenvalue weighted by molar-refractivity contribution is -0.267. The smallest absolute Gasteiger partial charge is 0.424 e. The third kappa shape index (κ3) is 5.93. The van der Waals surface area contributed by atoms with Crippen LogP contribution in [0.2, 0.25) is 0 Å². The zero-order valence-corrected chi connectivity index (χ0v) is 17.4. The highest BCUT2D eigenvalue weighted by molar-refractivity contribution is 7.09. The van der Waals surface area contributed by atoms with Crippen LogP contribution >= 0.6 is 11.3 Å². The summed E-state index contributed by atoms with van der Waals surface area (Å²) in [5.41, 5.74) is -1.47. The summed E-state index contributed by atoms with van der Waals surface area (Å²) in [4.78, 5) is 15.9. The molecule has 1 amide bonds. The highest BCUT2D eigenvalue weighted by atomic mass is 32.1. The van der Waals surface area contributed by atoms with Gasteiger partial charge in [0.1, 0.15) is 17.4 Å². The van der Waals surface area contributed by atoms with E-state index in [9.17, 15) is 23.1 Å². The fourth-order valence-corrected chi connectivity index (χ4v) is 3.74. The van der Waals surface area contributed by atoms with Gasteiger partial charge in [0.15, 0.2) is 0 Å².